The predicted molar refractivity (Wildman–Crippen MR) is 271 cm³/mol. The van der Waals surface area contributed by atoms with Crippen LogP contribution in [0.25, 0.3) is 55.3 Å². The second-order valence-corrected chi connectivity index (χ2v) is 16.5. The topological polar surface area (TPSA) is 215 Å². The van der Waals surface area contributed by atoms with Gasteiger partial charge in [0, 0.05) is 65.0 Å². The second kappa shape index (κ2) is 18.3. The van der Waals surface area contributed by atoms with Gasteiger partial charge in [-0.1, -0.05) is 78.3 Å². The van der Waals surface area contributed by atoms with E-state index in [0.29, 0.717) is 50.4 Å². The molecule has 0 amide bonds. The largest absolute Gasteiger partial charge is 0.467 e. The Morgan fingerprint density at radius 3 is 1.58 bits per heavy atom. The molecule has 0 aliphatic carbocycles. The Kier molecular flexibility index (Phi) is 11.6. The number of pyridine rings is 2. The van der Waals surface area contributed by atoms with Crippen molar-refractivity contribution >= 4 is 67.7 Å². The Balaban J connectivity index is 0.000000164. The Bertz CT molecular complexity index is 3800. The van der Waals surface area contributed by atoms with E-state index in [1.165, 1.54) is 7.11 Å². The molecule has 0 spiro atoms. The van der Waals surface area contributed by atoms with Crippen molar-refractivity contribution in [2.75, 3.05) is 29.2 Å². The summed E-state index contributed by atoms with van der Waals surface area (Å²) in [5, 5.41) is 18.7. The molecule has 11 aromatic rings. The first-order valence-electron chi connectivity index (χ1n) is 21.8. The van der Waals surface area contributed by atoms with E-state index in [1.54, 1.807) is 73.3 Å². The quantitative estimate of drug-likeness (QED) is 0.101. The van der Waals surface area contributed by atoms with E-state index >= 15 is 0 Å². The number of ether oxygens (including phenoxy) is 1. The number of fused-ring (bicyclic) bond motifs is 4. The van der Waals surface area contributed by atoms with Gasteiger partial charge < -0.3 is 26.8 Å². The Morgan fingerprint density at radius 1 is 0.594 bits per heavy atom. The van der Waals surface area contributed by atoms with Gasteiger partial charge in [-0.05, 0) is 72.6 Å². The van der Waals surface area contributed by atoms with Crippen LogP contribution in [-0.2, 0) is 0 Å². The third-order valence-electron chi connectivity index (χ3n) is 11.6. The van der Waals surface area contributed by atoms with E-state index in [1.807, 2.05) is 117 Å². The molecule has 7 aromatic heterocycles. The van der Waals surface area contributed by atoms with Crippen LogP contribution in [0.15, 0.2) is 168 Å². The Hall–Kier alpha value is -9.09. The molecule has 0 fully saturated rings. The number of rotatable bonds is 10. The van der Waals surface area contributed by atoms with Gasteiger partial charge >= 0.3 is 6.01 Å². The highest BCUT2D eigenvalue weighted by Gasteiger charge is 2.22. The first kappa shape index (κ1) is 43.8. The number of para-hydroxylation sites is 2. The molecule has 0 bridgehead atoms. The van der Waals surface area contributed by atoms with E-state index in [2.05, 4.69) is 40.8 Å². The summed E-state index contributed by atoms with van der Waals surface area (Å²) in [6, 6.07) is 41.1. The van der Waals surface area contributed by atoms with Crippen molar-refractivity contribution in [2.45, 2.75) is 25.9 Å². The SMILES string of the molecule is COc1ncc(-c2cccc3cc([C@H](C)Nc4cc(N)nc5ccnn45)n(-c4ccccc4)c(=O)c23)cn1.C[C@H](Nc1cc(N)nc2ccnn12)c1cc2cccc(Cl)c2c(=O)n1-c1ccccc1. The number of nitrogens with zero attached hydrogens (tertiary/aromatic N) is 10. The van der Waals surface area contributed by atoms with Gasteiger partial charge in [-0.3, -0.25) is 18.7 Å². The van der Waals surface area contributed by atoms with Gasteiger partial charge in [-0.25, -0.2) is 19.9 Å². The van der Waals surface area contributed by atoms with Crippen molar-refractivity contribution in [1.29, 1.82) is 0 Å². The van der Waals surface area contributed by atoms with Crippen LogP contribution in [0.5, 0.6) is 6.01 Å². The molecular weight excluding hydrogens is 892 g/mol. The molecule has 0 aliphatic rings. The third kappa shape index (κ3) is 8.38. The highest BCUT2D eigenvalue weighted by atomic mass is 35.5. The van der Waals surface area contributed by atoms with Crippen molar-refractivity contribution in [1.82, 2.24) is 48.3 Å². The molecule has 6 N–H and O–H groups in total. The smallest absolute Gasteiger partial charge is 0.316 e. The summed E-state index contributed by atoms with van der Waals surface area (Å²) in [7, 11) is 1.51. The monoisotopic (exact) mass is 934 g/mol. The summed E-state index contributed by atoms with van der Waals surface area (Å²) in [4.78, 5) is 44.9. The van der Waals surface area contributed by atoms with Gasteiger partial charge in [-0.2, -0.15) is 19.2 Å². The number of aromatic nitrogens is 10. The van der Waals surface area contributed by atoms with Crippen molar-refractivity contribution < 1.29 is 4.74 Å². The van der Waals surface area contributed by atoms with E-state index in [4.69, 9.17) is 27.8 Å². The Morgan fingerprint density at radius 2 is 1.07 bits per heavy atom. The van der Waals surface area contributed by atoms with Crippen LogP contribution in [0, 0.1) is 0 Å². The standard InChI is InChI=1S/C28H24N8O2.C23H19ClN6O/c1-17(33-25-14-23(29)34-24-11-12-32-36(24)25)22-13-18-7-6-10-21(19-15-30-28(38-2)31-16-19)26(18)27(37)35(22)20-8-4-3-5-9-20;1-14(27-21-13-19(25)28-20-10-11-26-30(20)21)18-12-15-6-5-9-17(24)22(15)23(31)29(18)16-7-3-2-4-8-16/h3-17,33H,1-2H3,(H2,29,34);2-14,27H,1H3,(H2,25,28)/t17-;14-/m00/s1. The average molecular weight is 935 g/mol. The van der Waals surface area contributed by atoms with Crippen LogP contribution >= 0.6 is 11.6 Å². The molecule has 0 unspecified atom stereocenters. The first-order chi connectivity index (χ1) is 33.6. The zero-order valence-electron chi connectivity index (χ0n) is 37.4. The summed E-state index contributed by atoms with van der Waals surface area (Å²) >= 11 is 6.39. The molecule has 4 aromatic carbocycles. The molecule has 0 saturated carbocycles. The normalized spacial score (nSPS) is 12.2. The summed E-state index contributed by atoms with van der Waals surface area (Å²) in [5.74, 6) is 2.10. The number of hydrogen-bond acceptors (Lipinski definition) is 13. The molecule has 11 rings (SSSR count). The van der Waals surface area contributed by atoms with Crippen LogP contribution in [-0.4, -0.2) is 55.4 Å². The van der Waals surface area contributed by atoms with Crippen LogP contribution < -0.4 is 38.0 Å². The minimum absolute atomic E-state index is 0.151. The van der Waals surface area contributed by atoms with Gasteiger partial charge in [-0.15, -0.1) is 0 Å². The summed E-state index contributed by atoms with van der Waals surface area (Å²) < 4.78 is 11.9. The highest BCUT2D eigenvalue weighted by molar-refractivity contribution is 6.35. The molecule has 0 radical (unpaired) electrons. The summed E-state index contributed by atoms with van der Waals surface area (Å²) in [5.41, 5.74) is 17.5. The minimum atomic E-state index is -0.297. The molecule has 0 saturated heterocycles. The maximum atomic E-state index is 14.3. The average Bonchev–Trinajstić information content (AvgIpc) is 4.05. The molecule has 2 atom stereocenters. The number of nitrogens with two attached hydrogens (primary N) is 2. The van der Waals surface area contributed by atoms with Crippen LogP contribution in [0.3, 0.4) is 0 Å². The van der Waals surface area contributed by atoms with Crippen LogP contribution in [0.1, 0.15) is 37.3 Å². The van der Waals surface area contributed by atoms with Gasteiger partial charge in [0.2, 0.25) is 0 Å². The van der Waals surface area contributed by atoms with Crippen molar-refractivity contribution in [2.24, 2.45) is 0 Å². The zero-order chi connectivity index (χ0) is 47.8. The fourth-order valence-corrected chi connectivity index (χ4v) is 8.77. The van der Waals surface area contributed by atoms with Crippen molar-refractivity contribution in [3.8, 4) is 28.5 Å². The summed E-state index contributed by atoms with van der Waals surface area (Å²) in [6.07, 6.45) is 6.65. The van der Waals surface area contributed by atoms with Gasteiger partial charge in [0.1, 0.15) is 23.3 Å². The fourth-order valence-electron chi connectivity index (χ4n) is 8.51. The zero-order valence-corrected chi connectivity index (χ0v) is 38.2. The first-order valence-corrected chi connectivity index (χ1v) is 22.2. The van der Waals surface area contributed by atoms with Crippen LogP contribution in [0.4, 0.5) is 23.3 Å². The number of halogens is 1. The van der Waals surface area contributed by atoms with E-state index in [-0.39, 0.29) is 29.2 Å². The van der Waals surface area contributed by atoms with Crippen molar-refractivity contribution in [3.63, 3.8) is 0 Å². The number of nitrogen functional groups attached to an aromatic ring is 2. The van der Waals surface area contributed by atoms with E-state index in [0.717, 1.165) is 44.7 Å². The van der Waals surface area contributed by atoms with Crippen LogP contribution in [0.2, 0.25) is 5.02 Å². The second-order valence-electron chi connectivity index (χ2n) is 16.1. The molecule has 17 nitrogen and oxygen atoms in total. The number of benzene rings is 4. The molecule has 69 heavy (non-hydrogen) atoms. The lowest BCUT2D eigenvalue weighted by Crippen LogP contribution is -2.26. The Labute approximate surface area is 398 Å². The number of anilines is 4. The highest BCUT2D eigenvalue weighted by Crippen LogP contribution is 2.31. The lowest BCUT2D eigenvalue weighted by atomic mass is 9.99. The maximum absolute atomic E-state index is 14.3. The van der Waals surface area contributed by atoms with E-state index < -0.39 is 0 Å². The lowest BCUT2D eigenvalue weighted by Gasteiger charge is -2.22. The van der Waals surface area contributed by atoms with Gasteiger partial charge in [0.05, 0.1) is 47.4 Å². The number of hydrogen-bond donors (Lipinski definition) is 4. The maximum Gasteiger partial charge on any atom is 0.316 e. The molecule has 342 valence electrons. The fraction of sp³-hybridized carbons (Fsp3) is 0.0980. The molecule has 0 aliphatic heterocycles. The number of nitrogens with one attached hydrogen (secondary N) is 2. The van der Waals surface area contributed by atoms with Gasteiger partial charge in [0.15, 0.2) is 11.3 Å². The lowest BCUT2D eigenvalue weighted by molar-refractivity contribution is 0.380. The minimum Gasteiger partial charge on any atom is -0.467 e. The van der Waals surface area contributed by atoms with Crippen molar-refractivity contribution in [3.05, 3.63) is 195 Å². The van der Waals surface area contributed by atoms with Gasteiger partial charge in [0.25, 0.3) is 11.1 Å². The van der Waals surface area contributed by atoms with E-state index in [9.17, 15) is 9.59 Å². The molecule has 7 heterocycles. The number of methoxy groups -OCH3 is 1. The molecule has 18 heteroatoms. The predicted octanol–water partition coefficient (Wildman–Crippen LogP) is 8.70. The molecular formula is C51H43ClN14O3. The summed E-state index contributed by atoms with van der Waals surface area (Å²) in [6.45, 7) is 3.98. The third-order valence-corrected chi connectivity index (χ3v) is 11.9.